The molecule has 0 aliphatic rings. The van der Waals surface area contributed by atoms with Crippen molar-refractivity contribution in [3.05, 3.63) is 87.5 Å². The SMILES string of the molecule is CCOc1ccc(C(=O)N/N=C/c2ccc(Oc3ccc(C(F)(F)F)cc3[N+](=O)[O-])cc2)cc1OCC. The van der Waals surface area contributed by atoms with Gasteiger partial charge in [0.25, 0.3) is 5.91 Å². The molecule has 0 aliphatic heterocycles. The molecule has 1 amide bonds. The minimum absolute atomic E-state index is 0.155. The van der Waals surface area contributed by atoms with Crippen LogP contribution in [0.4, 0.5) is 18.9 Å². The van der Waals surface area contributed by atoms with Gasteiger partial charge in [-0.3, -0.25) is 14.9 Å². The van der Waals surface area contributed by atoms with Gasteiger partial charge in [0.1, 0.15) is 5.75 Å². The first-order valence-electron chi connectivity index (χ1n) is 11.0. The number of halogens is 3. The van der Waals surface area contributed by atoms with Crippen molar-refractivity contribution in [2.75, 3.05) is 13.2 Å². The van der Waals surface area contributed by atoms with E-state index in [9.17, 15) is 28.1 Å². The van der Waals surface area contributed by atoms with Crippen LogP contribution in [0.1, 0.15) is 35.3 Å². The van der Waals surface area contributed by atoms with Gasteiger partial charge >= 0.3 is 11.9 Å². The summed E-state index contributed by atoms with van der Waals surface area (Å²) in [6.07, 6.45) is -3.36. The number of ether oxygens (including phenoxy) is 3. The molecule has 0 aliphatic carbocycles. The van der Waals surface area contributed by atoms with Crippen LogP contribution in [-0.2, 0) is 6.18 Å². The largest absolute Gasteiger partial charge is 0.490 e. The molecule has 0 saturated heterocycles. The molecule has 0 fully saturated rings. The second-order valence-electron chi connectivity index (χ2n) is 7.34. The zero-order chi connectivity index (χ0) is 27.0. The number of hydrogen-bond donors (Lipinski definition) is 1. The van der Waals surface area contributed by atoms with Crippen LogP contribution in [0.3, 0.4) is 0 Å². The van der Waals surface area contributed by atoms with Crippen LogP contribution in [0.2, 0.25) is 0 Å². The van der Waals surface area contributed by atoms with Crippen LogP contribution in [0, 0.1) is 10.1 Å². The molecule has 3 aromatic carbocycles. The van der Waals surface area contributed by atoms with Crippen LogP contribution in [0.5, 0.6) is 23.0 Å². The average molecular weight is 517 g/mol. The first-order chi connectivity index (χ1) is 17.6. The maximum absolute atomic E-state index is 12.9. The molecule has 0 heterocycles. The number of rotatable bonds is 10. The number of carbonyl (C=O) groups excluding carboxylic acids is 1. The Hall–Kier alpha value is -4.61. The van der Waals surface area contributed by atoms with Crippen molar-refractivity contribution in [1.29, 1.82) is 0 Å². The third-order valence-electron chi connectivity index (χ3n) is 4.78. The number of nitrogens with one attached hydrogen (secondary N) is 1. The number of benzene rings is 3. The van der Waals surface area contributed by atoms with Gasteiger partial charge in [-0.15, -0.1) is 0 Å². The summed E-state index contributed by atoms with van der Waals surface area (Å²) < 4.78 is 55.0. The third kappa shape index (κ3) is 7.19. The van der Waals surface area contributed by atoms with Crippen LogP contribution < -0.4 is 19.6 Å². The molecule has 0 unspecified atom stereocenters. The second kappa shape index (κ2) is 11.9. The summed E-state index contributed by atoms with van der Waals surface area (Å²) in [4.78, 5) is 22.7. The first kappa shape index (κ1) is 27.0. The van der Waals surface area contributed by atoms with Gasteiger partial charge < -0.3 is 14.2 Å². The van der Waals surface area contributed by atoms with Crippen molar-refractivity contribution in [2.24, 2.45) is 5.10 Å². The van der Waals surface area contributed by atoms with Crippen molar-refractivity contribution < 1.29 is 37.1 Å². The van der Waals surface area contributed by atoms with Gasteiger partial charge in [0.2, 0.25) is 5.75 Å². The fourth-order valence-electron chi connectivity index (χ4n) is 3.09. The highest BCUT2D eigenvalue weighted by molar-refractivity contribution is 5.95. The molecule has 3 aromatic rings. The summed E-state index contributed by atoms with van der Waals surface area (Å²) >= 11 is 0. The summed E-state index contributed by atoms with van der Waals surface area (Å²) in [5.41, 5.74) is 1.29. The Labute approximate surface area is 209 Å². The van der Waals surface area contributed by atoms with Gasteiger partial charge in [-0.25, -0.2) is 5.43 Å². The van der Waals surface area contributed by atoms with E-state index in [2.05, 4.69) is 10.5 Å². The lowest BCUT2D eigenvalue weighted by Crippen LogP contribution is -2.17. The summed E-state index contributed by atoms with van der Waals surface area (Å²) in [6.45, 7) is 4.49. The first-order valence-corrected chi connectivity index (χ1v) is 11.0. The predicted octanol–water partition coefficient (Wildman–Crippen LogP) is 5.97. The standard InChI is InChI=1S/C25H22F3N3O6/c1-3-35-22-11-7-17(13-23(22)36-4-2)24(32)30-29-15-16-5-9-19(10-6-16)37-21-12-8-18(25(26,27)28)14-20(21)31(33)34/h5-15H,3-4H2,1-2H3,(H,30,32)/b29-15+. The third-order valence-corrected chi connectivity index (χ3v) is 4.78. The van der Waals surface area contributed by atoms with Crippen molar-refractivity contribution in [3.8, 4) is 23.0 Å². The van der Waals surface area contributed by atoms with E-state index in [0.29, 0.717) is 48.0 Å². The number of alkyl halides is 3. The summed E-state index contributed by atoms with van der Waals surface area (Å²) in [5, 5.41) is 15.1. The zero-order valence-corrected chi connectivity index (χ0v) is 19.7. The number of amides is 1. The van der Waals surface area contributed by atoms with Crippen molar-refractivity contribution in [2.45, 2.75) is 20.0 Å². The van der Waals surface area contributed by atoms with E-state index in [0.717, 1.165) is 6.07 Å². The number of nitro benzene ring substituents is 1. The van der Waals surface area contributed by atoms with E-state index >= 15 is 0 Å². The van der Waals surface area contributed by atoms with Gasteiger partial charge in [0.05, 0.1) is 29.9 Å². The Morgan fingerprint density at radius 3 is 2.24 bits per heavy atom. The molecule has 0 saturated carbocycles. The van der Waals surface area contributed by atoms with Crippen molar-refractivity contribution >= 4 is 17.8 Å². The van der Waals surface area contributed by atoms with Gasteiger partial charge in [-0.1, -0.05) is 0 Å². The number of hydrogen-bond acceptors (Lipinski definition) is 7. The van der Waals surface area contributed by atoms with Gasteiger partial charge in [-0.2, -0.15) is 18.3 Å². The Balaban J connectivity index is 1.66. The Bertz CT molecular complexity index is 1290. The molecule has 0 radical (unpaired) electrons. The highest BCUT2D eigenvalue weighted by atomic mass is 19.4. The number of nitrogens with zero attached hydrogens (tertiary/aromatic N) is 2. The lowest BCUT2D eigenvalue weighted by atomic mass is 10.2. The quantitative estimate of drug-likeness (QED) is 0.202. The Morgan fingerprint density at radius 2 is 1.62 bits per heavy atom. The molecule has 12 heteroatoms. The van der Waals surface area contributed by atoms with Gasteiger partial charge in [-0.05, 0) is 74.0 Å². The van der Waals surface area contributed by atoms with E-state index in [4.69, 9.17) is 14.2 Å². The molecule has 3 rings (SSSR count). The van der Waals surface area contributed by atoms with E-state index in [1.165, 1.54) is 18.3 Å². The predicted molar refractivity (Wildman–Crippen MR) is 128 cm³/mol. The molecular formula is C25H22F3N3O6. The Kier molecular flexibility index (Phi) is 8.67. The molecule has 0 aromatic heterocycles. The minimum atomic E-state index is -4.72. The lowest BCUT2D eigenvalue weighted by molar-refractivity contribution is -0.385. The molecule has 0 atom stereocenters. The van der Waals surface area contributed by atoms with Crippen LogP contribution >= 0.6 is 0 Å². The maximum atomic E-state index is 12.9. The second-order valence-corrected chi connectivity index (χ2v) is 7.34. The van der Waals surface area contributed by atoms with Gasteiger partial charge in [0, 0.05) is 11.6 Å². The number of hydrazone groups is 1. The molecule has 9 nitrogen and oxygen atoms in total. The fraction of sp³-hybridized carbons (Fsp3) is 0.200. The number of carbonyl (C=O) groups is 1. The monoisotopic (exact) mass is 517 g/mol. The topological polar surface area (TPSA) is 112 Å². The Morgan fingerprint density at radius 1 is 0.973 bits per heavy atom. The normalized spacial score (nSPS) is 11.3. The highest BCUT2D eigenvalue weighted by Gasteiger charge is 2.33. The van der Waals surface area contributed by atoms with Crippen LogP contribution in [0.15, 0.2) is 65.8 Å². The highest BCUT2D eigenvalue weighted by Crippen LogP contribution is 2.37. The average Bonchev–Trinajstić information content (AvgIpc) is 2.85. The smallest absolute Gasteiger partial charge is 0.416 e. The van der Waals surface area contributed by atoms with Crippen molar-refractivity contribution in [1.82, 2.24) is 5.43 Å². The van der Waals surface area contributed by atoms with Crippen LogP contribution in [-0.4, -0.2) is 30.3 Å². The minimum Gasteiger partial charge on any atom is -0.490 e. The lowest BCUT2D eigenvalue weighted by Gasteiger charge is -2.11. The summed E-state index contributed by atoms with van der Waals surface area (Å²) in [6, 6.07) is 12.8. The summed E-state index contributed by atoms with van der Waals surface area (Å²) in [5.74, 6) is 0.295. The molecule has 1 N–H and O–H groups in total. The van der Waals surface area contributed by atoms with E-state index in [1.54, 1.807) is 30.3 Å². The molecule has 37 heavy (non-hydrogen) atoms. The van der Waals surface area contributed by atoms with Gasteiger partial charge in [0.15, 0.2) is 11.5 Å². The van der Waals surface area contributed by atoms with E-state index in [-0.39, 0.29) is 11.5 Å². The van der Waals surface area contributed by atoms with Crippen LogP contribution in [0.25, 0.3) is 0 Å². The molecular weight excluding hydrogens is 495 g/mol. The van der Waals surface area contributed by atoms with E-state index in [1.807, 2.05) is 13.8 Å². The molecule has 0 bridgehead atoms. The fourth-order valence-corrected chi connectivity index (χ4v) is 3.09. The van der Waals surface area contributed by atoms with Crippen molar-refractivity contribution in [3.63, 3.8) is 0 Å². The summed E-state index contributed by atoms with van der Waals surface area (Å²) in [7, 11) is 0. The maximum Gasteiger partial charge on any atom is 0.416 e. The number of nitro groups is 1. The molecule has 194 valence electrons. The van der Waals surface area contributed by atoms with E-state index < -0.39 is 28.3 Å². The molecule has 0 spiro atoms. The zero-order valence-electron chi connectivity index (χ0n) is 19.7.